The number of halogens is 1. The second-order valence-electron chi connectivity index (χ2n) is 8.05. The Labute approximate surface area is 197 Å². The number of aryl methyl sites for hydroxylation is 1. The number of benzene rings is 3. The van der Waals surface area contributed by atoms with Gasteiger partial charge in [-0.1, -0.05) is 48.5 Å². The zero-order valence-electron chi connectivity index (χ0n) is 18.9. The molecule has 0 spiro atoms. The van der Waals surface area contributed by atoms with Crippen LogP contribution in [0.1, 0.15) is 21.7 Å². The van der Waals surface area contributed by atoms with Crippen LogP contribution < -0.4 is 5.32 Å². The molecule has 0 radical (unpaired) electrons. The van der Waals surface area contributed by atoms with Crippen LogP contribution in [0, 0.1) is 19.7 Å². The average molecular weight is 451 g/mol. The van der Waals surface area contributed by atoms with Crippen LogP contribution >= 0.6 is 0 Å². The number of carbonyl (C=O) groups is 1. The summed E-state index contributed by atoms with van der Waals surface area (Å²) >= 11 is 0. The highest BCUT2D eigenvalue weighted by molar-refractivity contribution is 6.04. The summed E-state index contributed by atoms with van der Waals surface area (Å²) in [6, 6.07) is 29.2. The van der Waals surface area contributed by atoms with Crippen LogP contribution in [0.2, 0.25) is 0 Å². The first kappa shape index (κ1) is 21.4. The quantitative estimate of drug-likeness (QED) is 0.340. The van der Waals surface area contributed by atoms with Gasteiger partial charge in [-0.3, -0.25) is 4.79 Å². The second kappa shape index (κ2) is 8.83. The number of rotatable bonds is 5. The van der Waals surface area contributed by atoms with Crippen LogP contribution in [0.4, 0.5) is 10.2 Å². The van der Waals surface area contributed by atoms with Gasteiger partial charge in [0.15, 0.2) is 0 Å². The topological polar surface area (TPSA) is 51.9 Å². The molecule has 6 heteroatoms. The largest absolute Gasteiger partial charge is 0.315 e. The Morgan fingerprint density at radius 1 is 0.853 bits per heavy atom. The molecule has 1 N–H and O–H groups in total. The molecule has 0 aliphatic carbocycles. The molecule has 2 heterocycles. The molecule has 34 heavy (non-hydrogen) atoms. The highest BCUT2D eigenvalue weighted by Gasteiger charge is 2.20. The average Bonchev–Trinajstić information content (AvgIpc) is 3.40. The van der Waals surface area contributed by atoms with Crippen molar-refractivity contribution in [1.82, 2.24) is 14.3 Å². The van der Waals surface area contributed by atoms with Crippen molar-refractivity contribution < 1.29 is 9.18 Å². The summed E-state index contributed by atoms with van der Waals surface area (Å²) in [6.45, 7) is 3.88. The van der Waals surface area contributed by atoms with E-state index >= 15 is 0 Å². The van der Waals surface area contributed by atoms with E-state index in [1.807, 2.05) is 85.1 Å². The Kier molecular flexibility index (Phi) is 5.55. The number of aromatic nitrogens is 3. The van der Waals surface area contributed by atoms with Gasteiger partial charge in [0, 0.05) is 28.6 Å². The van der Waals surface area contributed by atoms with Gasteiger partial charge in [0.05, 0.1) is 17.1 Å². The number of hydrogen-bond donors (Lipinski definition) is 1. The Morgan fingerprint density at radius 3 is 2.21 bits per heavy atom. The fraction of sp³-hybridized carbons (Fsp3) is 0.0714. The maximum absolute atomic E-state index is 14.6. The summed E-state index contributed by atoms with van der Waals surface area (Å²) in [4.78, 5) is 12.9. The van der Waals surface area contributed by atoms with E-state index in [1.54, 1.807) is 28.9 Å². The van der Waals surface area contributed by atoms with Crippen LogP contribution in [-0.2, 0) is 0 Å². The summed E-state index contributed by atoms with van der Waals surface area (Å²) < 4.78 is 18.2. The molecule has 1 amide bonds. The van der Waals surface area contributed by atoms with Gasteiger partial charge in [0.2, 0.25) is 0 Å². The molecular formula is C28H23FN4O. The minimum absolute atomic E-state index is 0.221. The predicted octanol–water partition coefficient (Wildman–Crippen LogP) is 6.34. The zero-order chi connectivity index (χ0) is 23.7. The summed E-state index contributed by atoms with van der Waals surface area (Å²) in [5.74, 6) is 0.0355. The fourth-order valence-electron chi connectivity index (χ4n) is 4.17. The predicted molar refractivity (Wildman–Crippen MR) is 132 cm³/mol. The van der Waals surface area contributed by atoms with Crippen LogP contribution in [0.25, 0.3) is 22.6 Å². The maximum Gasteiger partial charge on any atom is 0.256 e. The molecule has 2 aromatic heterocycles. The van der Waals surface area contributed by atoms with E-state index in [0.717, 1.165) is 22.6 Å². The van der Waals surface area contributed by atoms with Crippen molar-refractivity contribution in [2.45, 2.75) is 13.8 Å². The third-order valence-electron chi connectivity index (χ3n) is 5.79. The van der Waals surface area contributed by atoms with E-state index in [2.05, 4.69) is 5.32 Å². The lowest BCUT2D eigenvalue weighted by atomic mass is 10.2. The molecule has 0 unspecified atom stereocenters. The van der Waals surface area contributed by atoms with E-state index < -0.39 is 0 Å². The van der Waals surface area contributed by atoms with Gasteiger partial charge >= 0.3 is 0 Å². The number of anilines is 1. The molecule has 0 saturated heterocycles. The Morgan fingerprint density at radius 2 is 1.50 bits per heavy atom. The molecule has 0 atom stereocenters. The third kappa shape index (κ3) is 3.90. The maximum atomic E-state index is 14.6. The van der Waals surface area contributed by atoms with Gasteiger partial charge in [0.25, 0.3) is 5.91 Å². The molecule has 3 aromatic carbocycles. The van der Waals surface area contributed by atoms with Gasteiger partial charge in [-0.2, -0.15) is 5.10 Å². The summed E-state index contributed by atoms with van der Waals surface area (Å²) in [7, 11) is 0. The molecule has 0 fully saturated rings. The van der Waals surface area contributed by atoms with Crippen molar-refractivity contribution in [2.24, 2.45) is 0 Å². The molecule has 0 aliphatic rings. The summed E-state index contributed by atoms with van der Waals surface area (Å²) in [6.07, 6.45) is 0. The monoisotopic (exact) mass is 450 g/mol. The standard InChI is InChI=1S/C28H23FN4O/c1-19-17-23(20(2)32(19)26-16-10-9-15-24(26)29)25-18-27(30-28(34)21-11-5-3-6-12-21)33(31-25)22-13-7-4-8-14-22/h3-18H,1-2H3,(H,30,34). The van der Waals surface area contributed by atoms with Crippen molar-refractivity contribution in [1.29, 1.82) is 0 Å². The Bertz CT molecular complexity index is 1470. The van der Waals surface area contributed by atoms with Crippen molar-refractivity contribution in [2.75, 3.05) is 5.32 Å². The molecule has 168 valence electrons. The molecule has 5 nitrogen and oxygen atoms in total. The smallest absolute Gasteiger partial charge is 0.256 e. The SMILES string of the molecule is Cc1cc(-c2cc(NC(=O)c3ccccc3)n(-c3ccccc3)n2)c(C)n1-c1ccccc1F. The summed E-state index contributed by atoms with van der Waals surface area (Å²) in [5, 5.41) is 7.82. The van der Waals surface area contributed by atoms with E-state index in [1.165, 1.54) is 6.07 Å². The van der Waals surface area contributed by atoms with E-state index in [-0.39, 0.29) is 11.7 Å². The van der Waals surface area contributed by atoms with E-state index in [0.29, 0.717) is 22.8 Å². The first-order valence-electron chi connectivity index (χ1n) is 11.0. The van der Waals surface area contributed by atoms with E-state index in [9.17, 15) is 9.18 Å². The van der Waals surface area contributed by atoms with Crippen molar-refractivity contribution in [3.8, 4) is 22.6 Å². The van der Waals surface area contributed by atoms with Crippen LogP contribution in [0.5, 0.6) is 0 Å². The van der Waals surface area contributed by atoms with Gasteiger partial charge in [-0.25, -0.2) is 9.07 Å². The van der Waals surface area contributed by atoms with Crippen LogP contribution in [0.3, 0.4) is 0 Å². The molecule has 0 aliphatic heterocycles. The highest BCUT2D eigenvalue weighted by Crippen LogP contribution is 2.32. The van der Waals surface area contributed by atoms with Gasteiger partial charge in [0.1, 0.15) is 11.6 Å². The molecule has 5 rings (SSSR count). The lowest BCUT2D eigenvalue weighted by Crippen LogP contribution is -2.14. The van der Waals surface area contributed by atoms with Gasteiger partial charge in [-0.05, 0) is 56.3 Å². The molecular weight excluding hydrogens is 427 g/mol. The number of hydrogen-bond acceptors (Lipinski definition) is 2. The molecule has 0 saturated carbocycles. The number of carbonyl (C=O) groups excluding carboxylic acids is 1. The lowest BCUT2D eigenvalue weighted by Gasteiger charge is -2.10. The minimum atomic E-state index is -0.290. The van der Waals surface area contributed by atoms with E-state index in [4.69, 9.17) is 5.10 Å². The fourth-order valence-corrected chi connectivity index (χ4v) is 4.17. The number of nitrogens with one attached hydrogen (secondary N) is 1. The Balaban J connectivity index is 1.60. The first-order valence-corrected chi connectivity index (χ1v) is 11.0. The Hall–Kier alpha value is -4.45. The molecule has 5 aromatic rings. The number of amides is 1. The number of nitrogens with zero attached hydrogens (tertiary/aromatic N) is 3. The van der Waals surface area contributed by atoms with Gasteiger partial charge in [-0.15, -0.1) is 0 Å². The van der Waals surface area contributed by atoms with Crippen molar-refractivity contribution in [3.63, 3.8) is 0 Å². The van der Waals surface area contributed by atoms with Crippen molar-refractivity contribution >= 4 is 11.7 Å². The van der Waals surface area contributed by atoms with Crippen LogP contribution in [0.15, 0.2) is 97.1 Å². The zero-order valence-corrected chi connectivity index (χ0v) is 18.9. The highest BCUT2D eigenvalue weighted by atomic mass is 19.1. The second-order valence-corrected chi connectivity index (χ2v) is 8.05. The number of para-hydroxylation sites is 2. The lowest BCUT2D eigenvalue weighted by molar-refractivity contribution is 0.102. The summed E-state index contributed by atoms with van der Waals surface area (Å²) in [5.41, 5.74) is 5.17. The van der Waals surface area contributed by atoms with Crippen LogP contribution in [-0.4, -0.2) is 20.3 Å². The first-order chi connectivity index (χ1) is 16.5. The van der Waals surface area contributed by atoms with Gasteiger partial charge < -0.3 is 9.88 Å². The van der Waals surface area contributed by atoms with Crippen molar-refractivity contribution in [3.05, 3.63) is 120 Å². The third-order valence-corrected chi connectivity index (χ3v) is 5.79. The molecule has 0 bridgehead atoms. The normalized spacial score (nSPS) is 10.9. The minimum Gasteiger partial charge on any atom is -0.315 e.